The van der Waals surface area contributed by atoms with Gasteiger partial charge < -0.3 is 20.4 Å². The number of hydrogen-bond donors (Lipinski definition) is 3. The summed E-state index contributed by atoms with van der Waals surface area (Å²) >= 11 is 12.0. The molecular weight excluding hydrogens is 502 g/mol. The molecule has 0 spiro atoms. The van der Waals surface area contributed by atoms with E-state index in [4.69, 9.17) is 27.6 Å². The fourth-order valence-corrected chi connectivity index (χ4v) is 2.76. The molecule has 0 radical (unpaired) electrons. The van der Waals surface area contributed by atoms with Crippen molar-refractivity contribution in [3.63, 3.8) is 0 Å². The monoisotopic (exact) mass is 524 g/mol. The summed E-state index contributed by atoms with van der Waals surface area (Å²) in [6.07, 6.45) is 3.26. The van der Waals surface area contributed by atoms with Gasteiger partial charge in [-0.05, 0) is 42.7 Å². The zero-order chi connectivity index (χ0) is 18.8. The Hall–Kier alpha value is -1.45. The maximum Gasteiger partial charge on any atom is 0.239 e. The fraction of sp³-hybridized carbons (Fsp3) is 0.333. The largest absolute Gasteiger partial charge is 0.467 e. The highest BCUT2D eigenvalue weighted by Gasteiger charge is 2.05. The third kappa shape index (κ3) is 8.85. The van der Waals surface area contributed by atoms with Crippen LogP contribution in [0.5, 0.6) is 0 Å². The number of hydrogen-bond acceptors (Lipinski definition) is 3. The van der Waals surface area contributed by atoms with E-state index in [0.717, 1.165) is 18.4 Å². The van der Waals surface area contributed by atoms with E-state index < -0.39 is 0 Å². The van der Waals surface area contributed by atoms with Crippen molar-refractivity contribution in [2.45, 2.75) is 19.4 Å². The minimum atomic E-state index is -0.141. The van der Waals surface area contributed by atoms with E-state index in [1.54, 1.807) is 31.5 Å². The number of amides is 1. The Balaban J connectivity index is 0.00000364. The highest BCUT2D eigenvalue weighted by molar-refractivity contribution is 14.0. The SMILES string of the molecule is CN=C(NCCCc1ccc(Cl)cc1Cl)NCC(=O)NCc1ccco1.I. The van der Waals surface area contributed by atoms with Gasteiger partial charge in [0.25, 0.3) is 0 Å². The van der Waals surface area contributed by atoms with Crippen LogP contribution >= 0.6 is 47.2 Å². The van der Waals surface area contributed by atoms with Gasteiger partial charge in [-0.15, -0.1) is 24.0 Å². The molecule has 0 bridgehead atoms. The summed E-state index contributed by atoms with van der Waals surface area (Å²) in [5.74, 6) is 1.14. The molecule has 6 nitrogen and oxygen atoms in total. The number of nitrogens with zero attached hydrogens (tertiary/aromatic N) is 1. The van der Waals surface area contributed by atoms with Gasteiger partial charge in [0.15, 0.2) is 5.96 Å². The van der Waals surface area contributed by atoms with Gasteiger partial charge in [0.2, 0.25) is 5.91 Å². The lowest BCUT2D eigenvalue weighted by Gasteiger charge is -2.12. The quantitative estimate of drug-likeness (QED) is 0.213. The topological polar surface area (TPSA) is 78.7 Å². The van der Waals surface area contributed by atoms with Crippen LogP contribution in [0.15, 0.2) is 46.0 Å². The molecule has 0 aliphatic heterocycles. The molecule has 0 aliphatic rings. The van der Waals surface area contributed by atoms with Gasteiger partial charge in [-0.25, -0.2) is 0 Å². The molecule has 1 aromatic heterocycles. The maximum atomic E-state index is 11.8. The minimum Gasteiger partial charge on any atom is -0.467 e. The van der Waals surface area contributed by atoms with E-state index in [9.17, 15) is 4.79 Å². The standard InChI is InChI=1S/C18H22Cl2N4O2.HI/c1-21-18(24-12-17(25)23-11-15-5-3-9-26-15)22-8-2-4-13-6-7-14(19)10-16(13)20;/h3,5-7,9-10H,2,4,8,11-12H2,1H3,(H,23,25)(H2,21,22,24);1H. The van der Waals surface area contributed by atoms with Crippen molar-refractivity contribution in [1.82, 2.24) is 16.0 Å². The second-order valence-electron chi connectivity index (χ2n) is 5.55. The predicted octanol–water partition coefficient (Wildman–Crippen LogP) is 3.62. The average molecular weight is 525 g/mol. The van der Waals surface area contributed by atoms with Crippen molar-refractivity contribution in [2.75, 3.05) is 20.1 Å². The molecule has 0 saturated heterocycles. The van der Waals surface area contributed by atoms with E-state index in [0.29, 0.717) is 34.9 Å². The Bertz CT molecular complexity index is 739. The summed E-state index contributed by atoms with van der Waals surface area (Å²) in [5.41, 5.74) is 1.05. The van der Waals surface area contributed by atoms with Crippen LogP contribution in [0.1, 0.15) is 17.7 Å². The lowest BCUT2D eigenvalue weighted by Crippen LogP contribution is -2.43. The van der Waals surface area contributed by atoms with Crippen molar-refractivity contribution in [3.8, 4) is 0 Å². The van der Waals surface area contributed by atoms with Gasteiger partial charge in [0.05, 0.1) is 19.4 Å². The van der Waals surface area contributed by atoms with Crippen LogP contribution < -0.4 is 16.0 Å². The number of benzene rings is 1. The Labute approximate surface area is 186 Å². The van der Waals surface area contributed by atoms with Crippen molar-refractivity contribution in [1.29, 1.82) is 0 Å². The number of nitrogens with one attached hydrogen (secondary N) is 3. The number of carbonyl (C=O) groups is 1. The van der Waals surface area contributed by atoms with Crippen molar-refractivity contribution >= 4 is 59.0 Å². The third-order valence-corrected chi connectivity index (χ3v) is 4.20. The minimum absolute atomic E-state index is 0. The summed E-state index contributed by atoms with van der Waals surface area (Å²) in [7, 11) is 1.66. The van der Waals surface area contributed by atoms with Crippen LogP contribution in [0.3, 0.4) is 0 Å². The molecule has 1 heterocycles. The second kappa shape index (κ2) is 12.9. The van der Waals surface area contributed by atoms with Crippen LogP contribution in [0.4, 0.5) is 0 Å². The Morgan fingerprint density at radius 3 is 2.67 bits per heavy atom. The van der Waals surface area contributed by atoms with Crippen LogP contribution in [0.2, 0.25) is 10.0 Å². The van der Waals surface area contributed by atoms with E-state index in [-0.39, 0.29) is 36.4 Å². The number of aryl methyl sites for hydroxylation is 1. The molecule has 2 aromatic rings. The maximum absolute atomic E-state index is 11.8. The normalized spacial score (nSPS) is 10.9. The molecule has 1 amide bonds. The van der Waals surface area contributed by atoms with Gasteiger partial charge in [0, 0.05) is 23.6 Å². The molecule has 0 atom stereocenters. The third-order valence-electron chi connectivity index (χ3n) is 3.61. The summed E-state index contributed by atoms with van der Waals surface area (Å²) in [4.78, 5) is 15.9. The Morgan fingerprint density at radius 1 is 1.19 bits per heavy atom. The van der Waals surface area contributed by atoms with E-state index in [1.807, 2.05) is 12.1 Å². The van der Waals surface area contributed by atoms with Crippen LogP contribution in [-0.4, -0.2) is 32.0 Å². The van der Waals surface area contributed by atoms with Crippen LogP contribution in [-0.2, 0) is 17.8 Å². The first-order valence-corrected chi connectivity index (χ1v) is 9.01. The van der Waals surface area contributed by atoms with E-state index >= 15 is 0 Å². The number of furan rings is 1. The lowest BCUT2D eigenvalue weighted by atomic mass is 10.1. The average Bonchev–Trinajstić information content (AvgIpc) is 3.14. The zero-order valence-electron chi connectivity index (χ0n) is 14.9. The summed E-state index contributed by atoms with van der Waals surface area (Å²) in [6, 6.07) is 9.09. The van der Waals surface area contributed by atoms with Crippen molar-refractivity contribution < 1.29 is 9.21 Å². The number of rotatable bonds is 8. The number of aliphatic imine (C=N–C) groups is 1. The molecule has 3 N–H and O–H groups in total. The van der Waals surface area contributed by atoms with Crippen molar-refractivity contribution in [3.05, 3.63) is 58.0 Å². The summed E-state index contributed by atoms with van der Waals surface area (Å²) in [5, 5.41) is 10.2. The smallest absolute Gasteiger partial charge is 0.239 e. The number of guanidine groups is 1. The zero-order valence-corrected chi connectivity index (χ0v) is 18.8. The highest BCUT2D eigenvalue weighted by atomic mass is 127. The molecule has 148 valence electrons. The number of halogens is 3. The lowest BCUT2D eigenvalue weighted by molar-refractivity contribution is -0.120. The number of carbonyl (C=O) groups excluding carboxylic acids is 1. The molecule has 0 saturated carbocycles. The Morgan fingerprint density at radius 2 is 2.00 bits per heavy atom. The molecule has 27 heavy (non-hydrogen) atoms. The van der Waals surface area contributed by atoms with Gasteiger partial charge in [0.1, 0.15) is 5.76 Å². The molecule has 0 fully saturated rings. The van der Waals surface area contributed by atoms with Gasteiger partial charge in [-0.3, -0.25) is 9.79 Å². The Kier molecular flexibility index (Phi) is 11.2. The fourth-order valence-electron chi connectivity index (χ4n) is 2.26. The van der Waals surface area contributed by atoms with E-state index in [2.05, 4.69) is 20.9 Å². The first-order chi connectivity index (χ1) is 12.6. The first kappa shape index (κ1) is 23.6. The van der Waals surface area contributed by atoms with Gasteiger partial charge in [-0.1, -0.05) is 29.3 Å². The molecular formula is C18H23Cl2IN4O2. The first-order valence-electron chi connectivity index (χ1n) is 8.26. The highest BCUT2D eigenvalue weighted by Crippen LogP contribution is 2.21. The van der Waals surface area contributed by atoms with Crippen molar-refractivity contribution in [2.24, 2.45) is 4.99 Å². The molecule has 1 aromatic carbocycles. The predicted molar refractivity (Wildman–Crippen MR) is 120 cm³/mol. The van der Waals surface area contributed by atoms with Gasteiger partial charge >= 0.3 is 0 Å². The van der Waals surface area contributed by atoms with E-state index in [1.165, 1.54) is 0 Å². The molecule has 2 rings (SSSR count). The summed E-state index contributed by atoms with van der Waals surface area (Å²) in [6.45, 7) is 1.19. The molecule has 0 aliphatic carbocycles. The summed E-state index contributed by atoms with van der Waals surface area (Å²) < 4.78 is 5.16. The molecule has 0 unspecified atom stereocenters. The van der Waals surface area contributed by atoms with Gasteiger partial charge in [-0.2, -0.15) is 0 Å². The molecule has 9 heteroatoms. The van der Waals surface area contributed by atoms with Crippen LogP contribution in [0.25, 0.3) is 0 Å². The second-order valence-corrected chi connectivity index (χ2v) is 6.39. The van der Waals surface area contributed by atoms with Crippen LogP contribution in [0, 0.1) is 0 Å².